The van der Waals surface area contributed by atoms with E-state index < -0.39 is 97.6 Å². The average molecular weight is 709 g/mol. The minimum Gasteiger partial charge on any atom is -0.508 e. The number of hydrogen-bond acceptors (Lipinski definition) is 16. The highest BCUT2D eigenvalue weighted by Crippen LogP contribution is 2.51. The zero-order chi connectivity index (χ0) is 36.7. The first-order valence-corrected chi connectivity index (χ1v) is 16.1. The molecular formula is C34H44O16. The van der Waals surface area contributed by atoms with E-state index in [4.69, 9.17) is 33.2 Å². The molecular weight excluding hydrogens is 664 g/mol. The van der Waals surface area contributed by atoms with Gasteiger partial charge in [0.2, 0.25) is 6.29 Å². The minimum atomic E-state index is -2.07. The molecule has 0 amide bonds. The fourth-order valence-corrected chi connectivity index (χ4v) is 6.21. The monoisotopic (exact) mass is 708 g/mol. The van der Waals surface area contributed by atoms with Crippen LogP contribution in [0.25, 0.3) is 6.08 Å². The lowest BCUT2D eigenvalue weighted by molar-refractivity contribution is -0.302. The summed E-state index contributed by atoms with van der Waals surface area (Å²) in [5.41, 5.74) is -1.18. The number of carbonyl (C=O) groups excluding carboxylic acids is 4. The fraction of sp³-hybridized carbons (Fsp3) is 0.588. The predicted molar refractivity (Wildman–Crippen MR) is 168 cm³/mol. The van der Waals surface area contributed by atoms with Gasteiger partial charge in [-0.15, -0.1) is 0 Å². The maximum atomic E-state index is 12.8. The number of hydrogen-bond donors (Lipinski definition) is 5. The molecule has 0 bridgehead atoms. The normalized spacial score (nSPS) is 32.1. The van der Waals surface area contributed by atoms with Gasteiger partial charge in [0, 0.05) is 32.3 Å². The molecule has 0 spiro atoms. The van der Waals surface area contributed by atoms with Crippen molar-refractivity contribution in [2.24, 2.45) is 17.8 Å². The number of phenolic OH excluding ortho intramolecular Hbond substituents is 1. The molecule has 50 heavy (non-hydrogen) atoms. The van der Waals surface area contributed by atoms with Crippen LogP contribution in [0.4, 0.5) is 0 Å². The van der Waals surface area contributed by atoms with Crippen LogP contribution in [0.15, 0.2) is 42.2 Å². The summed E-state index contributed by atoms with van der Waals surface area (Å²) in [6.07, 6.45) is -6.77. The Morgan fingerprint density at radius 2 is 1.70 bits per heavy atom. The molecule has 10 atom stereocenters. The van der Waals surface area contributed by atoms with E-state index >= 15 is 0 Å². The van der Waals surface area contributed by atoms with Crippen molar-refractivity contribution in [1.29, 1.82) is 0 Å². The van der Waals surface area contributed by atoms with Gasteiger partial charge in [-0.2, -0.15) is 0 Å². The van der Waals surface area contributed by atoms with Gasteiger partial charge in [-0.3, -0.25) is 14.4 Å². The zero-order valence-corrected chi connectivity index (χ0v) is 28.1. The molecule has 4 rings (SSSR count). The first-order valence-electron chi connectivity index (χ1n) is 16.1. The van der Waals surface area contributed by atoms with Gasteiger partial charge in [0.05, 0.1) is 25.4 Å². The number of fused-ring (bicyclic) bond motifs is 1. The van der Waals surface area contributed by atoms with Crippen molar-refractivity contribution in [1.82, 2.24) is 0 Å². The number of carbonyl (C=O) groups is 4. The summed E-state index contributed by atoms with van der Waals surface area (Å²) in [5.74, 6) is -4.92. The van der Waals surface area contributed by atoms with Gasteiger partial charge in [0.15, 0.2) is 12.4 Å². The first kappa shape index (κ1) is 38.7. The van der Waals surface area contributed by atoms with Crippen molar-refractivity contribution in [3.8, 4) is 5.75 Å². The van der Waals surface area contributed by atoms with Crippen LogP contribution in [0.3, 0.4) is 0 Å². The van der Waals surface area contributed by atoms with Crippen LogP contribution in [0.5, 0.6) is 5.75 Å². The number of aromatic hydroxyl groups is 1. The summed E-state index contributed by atoms with van der Waals surface area (Å²) in [4.78, 5) is 49.3. The summed E-state index contributed by atoms with van der Waals surface area (Å²) in [7, 11) is 0. The Bertz CT molecular complexity index is 1420. The van der Waals surface area contributed by atoms with Crippen molar-refractivity contribution < 1.29 is 77.9 Å². The molecule has 16 nitrogen and oxygen atoms in total. The third-order valence-corrected chi connectivity index (χ3v) is 8.59. The van der Waals surface area contributed by atoms with Gasteiger partial charge in [-0.25, -0.2) is 4.79 Å². The second kappa shape index (κ2) is 16.8. The van der Waals surface area contributed by atoms with E-state index in [1.807, 2.05) is 13.8 Å². The Labute approximate surface area is 288 Å². The van der Waals surface area contributed by atoms with Gasteiger partial charge in [0.25, 0.3) is 0 Å². The van der Waals surface area contributed by atoms with Crippen LogP contribution in [0.1, 0.15) is 46.1 Å². The molecule has 276 valence electrons. The molecule has 0 radical (unpaired) electrons. The van der Waals surface area contributed by atoms with Gasteiger partial charge >= 0.3 is 23.9 Å². The van der Waals surface area contributed by atoms with E-state index in [9.17, 15) is 44.7 Å². The highest BCUT2D eigenvalue weighted by Gasteiger charge is 2.63. The number of ether oxygens (including phenoxy) is 7. The molecule has 1 aromatic carbocycles. The third kappa shape index (κ3) is 9.38. The molecule has 1 aliphatic carbocycles. The molecule has 2 aliphatic heterocycles. The number of esters is 4. The number of aliphatic hydroxyl groups excluding tert-OH is 3. The summed E-state index contributed by atoms with van der Waals surface area (Å²) in [6, 6.07) is 5.93. The molecule has 5 N–H and O–H groups in total. The quantitative estimate of drug-likeness (QED) is 0.106. The molecule has 1 saturated carbocycles. The molecule has 0 unspecified atom stereocenters. The van der Waals surface area contributed by atoms with Crippen LogP contribution < -0.4 is 0 Å². The van der Waals surface area contributed by atoms with Gasteiger partial charge in [0.1, 0.15) is 42.4 Å². The first-order chi connectivity index (χ1) is 23.6. The highest BCUT2D eigenvalue weighted by atomic mass is 16.7. The number of phenols is 1. The molecule has 1 saturated heterocycles. The zero-order valence-electron chi connectivity index (χ0n) is 28.1. The standard InChI is InChI=1S/C34H44O16/c1-17(2)11-27(40)50-32-28-23(12-25(47-19(4)37)34(28,43)16-46-18(3)36)21(14-44-32)15-45-33-31(30(42)29(41)24(13-35)48-33)49-26(39)10-7-20-5-8-22(38)9-6-20/h5-10,14,17,23-25,28-33,35,38,41-43H,11-13,15-16H2,1-4H3/t23-,24+,25-,28-,29+,30-,31+,32-,33+,34-/m1/s1. The van der Waals surface area contributed by atoms with Gasteiger partial charge in [-0.05, 0) is 41.7 Å². The molecule has 0 aromatic heterocycles. The Morgan fingerprint density at radius 1 is 1.00 bits per heavy atom. The Morgan fingerprint density at radius 3 is 2.32 bits per heavy atom. The predicted octanol–water partition coefficient (Wildman–Crippen LogP) is 0.464. The van der Waals surface area contributed by atoms with Crippen molar-refractivity contribution in [2.75, 3.05) is 19.8 Å². The second-order valence-corrected chi connectivity index (χ2v) is 12.9. The Balaban J connectivity index is 1.58. The number of rotatable bonds is 13. The number of aliphatic hydroxyl groups is 4. The summed E-state index contributed by atoms with van der Waals surface area (Å²) >= 11 is 0. The van der Waals surface area contributed by atoms with E-state index in [-0.39, 0.29) is 31.1 Å². The Kier molecular flexibility index (Phi) is 13.0. The molecule has 1 aromatic rings. The summed E-state index contributed by atoms with van der Waals surface area (Å²) in [6.45, 7) is 4.19. The van der Waals surface area contributed by atoms with E-state index in [0.717, 1.165) is 19.9 Å². The second-order valence-electron chi connectivity index (χ2n) is 12.9. The highest BCUT2D eigenvalue weighted by molar-refractivity contribution is 5.87. The lowest BCUT2D eigenvalue weighted by Crippen LogP contribution is -2.60. The van der Waals surface area contributed by atoms with E-state index in [0.29, 0.717) is 11.1 Å². The van der Waals surface area contributed by atoms with E-state index in [2.05, 4.69) is 0 Å². The van der Waals surface area contributed by atoms with Crippen molar-refractivity contribution in [3.63, 3.8) is 0 Å². The maximum absolute atomic E-state index is 12.8. The minimum absolute atomic E-state index is 0.0284. The topological polar surface area (TPSA) is 234 Å². The van der Waals surface area contributed by atoms with Gasteiger partial charge in [-0.1, -0.05) is 26.0 Å². The average Bonchev–Trinajstić information content (AvgIpc) is 3.33. The SMILES string of the molecule is CC(=O)OC[C@]1(O)[C@H]2[C@@H](OC(=O)CC(C)C)OC=C(CO[C@H]3O[C@@H](CO)[C@H](O)[C@@H](O)[C@@H]3OC(=O)C=Cc3ccc(O)cc3)[C@H]2C[C@H]1OC(C)=O. The van der Waals surface area contributed by atoms with Crippen molar-refractivity contribution >= 4 is 30.0 Å². The van der Waals surface area contributed by atoms with Crippen molar-refractivity contribution in [3.05, 3.63) is 47.7 Å². The van der Waals surface area contributed by atoms with Crippen LogP contribution in [-0.2, 0) is 52.3 Å². The Hall–Kier alpha value is -4.06. The van der Waals surface area contributed by atoms with Crippen LogP contribution in [0, 0.1) is 17.8 Å². The molecule has 2 heterocycles. The summed E-state index contributed by atoms with van der Waals surface area (Å²) < 4.78 is 39.1. The lowest BCUT2D eigenvalue weighted by atomic mass is 9.80. The smallest absolute Gasteiger partial charge is 0.331 e. The van der Waals surface area contributed by atoms with Crippen molar-refractivity contribution in [2.45, 2.75) is 89.2 Å². The largest absolute Gasteiger partial charge is 0.508 e. The molecule has 2 fully saturated rings. The van der Waals surface area contributed by atoms with Gasteiger partial charge < -0.3 is 58.7 Å². The lowest BCUT2D eigenvalue weighted by Gasteiger charge is -2.42. The van der Waals surface area contributed by atoms with E-state index in [1.54, 1.807) is 12.1 Å². The maximum Gasteiger partial charge on any atom is 0.331 e. The third-order valence-electron chi connectivity index (χ3n) is 8.59. The molecule has 16 heteroatoms. The molecule has 3 aliphatic rings. The number of benzene rings is 1. The van der Waals surface area contributed by atoms with E-state index in [1.165, 1.54) is 24.5 Å². The van der Waals surface area contributed by atoms with Crippen LogP contribution in [0.2, 0.25) is 0 Å². The summed E-state index contributed by atoms with van der Waals surface area (Å²) in [5, 5.41) is 52.6. The fourth-order valence-electron chi connectivity index (χ4n) is 6.21. The van der Waals surface area contributed by atoms with Crippen LogP contribution >= 0.6 is 0 Å². The van der Waals surface area contributed by atoms with Crippen LogP contribution in [-0.4, -0.2) is 118 Å².